The zero-order valence-electron chi connectivity index (χ0n) is 11.6. The van der Waals surface area contributed by atoms with Crippen molar-refractivity contribution in [2.45, 2.75) is 18.9 Å². The normalized spacial score (nSPS) is 16.2. The lowest BCUT2D eigenvalue weighted by molar-refractivity contribution is -0.108. The number of carbonyl (C=O) groups is 1. The Balaban J connectivity index is 2.15. The van der Waals surface area contributed by atoms with E-state index >= 15 is 0 Å². The first-order valence-electron chi connectivity index (χ1n) is 6.62. The highest BCUT2D eigenvalue weighted by molar-refractivity contribution is 5.58. The molecule has 0 saturated carbocycles. The number of rotatable bonds is 4. The highest BCUT2D eigenvalue weighted by Gasteiger charge is 2.26. The number of hydrogen-bond acceptors (Lipinski definition) is 3. The Kier molecular flexibility index (Phi) is 3.22. The van der Waals surface area contributed by atoms with Crippen LogP contribution in [0.15, 0.2) is 30.5 Å². The van der Waals surface area contributed by atoms with Crippen LogP contribution in [0.4, 0.5) is 0 Å². The monoisotopic (exact) mass is 271 g/mol. The fourth-order valence-corrected chi connectivity index (χ4v) is 2.97. The molecule has 0 fully saturated rings. The molecule has 2 aromatic rings. The van der Waals surface area contributed by atoms with Crippen LogP contribution in [0.5, 0.6) is 11.5 Å². The number of nitrogens with zero attached hydrogens (tertiary/aromatic N) is 1. The first-order valence-corrected chi connectivity index (χ1v) is 6.62. The highest BCUT2D eigenvalue weighted by atomic mass is 16.5. The van der Waals surface area contributed by atoms with Crippen molar-refractivity contribution in [3.8, 4) is 11.5 Å². The number of fused-ring (bicyclic) bond motifs is 2. The number of ether oxygens (including phenoxy) is 2. The van der Waals surface area contributed by atoms with Crippen LogP contribution in [0.1, 0.15) is 29.2 Å². The van der Waals surface area contributed by atoms with Gasteiger partial charge < -0.3 is 18.8 Å². The van der Waals surface area contributed by atoms with Crippen molar-refractivity contribution in [3.63, 3.8) is 0 Å². The Morgan fingerprint density at radius 1 is 1.30 bits per heavy atom. The maximum Gasteiger partial charge on any atom is 0.161 e. The van der Waals surface area contributed by atoms with Crippen LogP contribution in [0.3, 0.4) is 0 Å². The van der Waals surface area contributed by atoms with E-state index in [1.165, 1.54) is 11.3 Å². The SMILES string of the molecule is COc1cc2c(cc1OC)C(CC=O)c1cccn1C2. The number of aromatic nitrogens is 1. The van der Waals surface area contributed by atoms with E-state index in [-0.39, 0.29) is 5.92 Å². The van der Waals surface area contributed by atoms with Crippen molar-refractivity contribution < 1.29 is 14.3 Å². The molecule has 1 aromatic heterocycles. The van der Waals surface area contributed by atoms with E-state index in [2.05, 4.69) is 10.6 Å². The van der Waals surface area contributed by atoms with Gasteiger partial charge in [0, 0.05) is 30.8 Å². The predicted molar refractivity (Wildman–Crippen MR) is 75.6 cm³/mol. The van der Waals surface area contributed by atoms with Crippen molar-refractivity contribution in [2.75, 3.05) is 14.2 Å². The van der Waals surface area contributed by atoms with Gasteiger partial charge in [0.2, 0.25) is 0 Å². The van der Waals surface area contributed by atoms with Gasteiger partial charge in [-0.05, 0) is 35.4 Å². The molecule has 2 heterocycles. The van der Waals surface area contributed by atoms with Gasteiger partial charge in [-0.15, -0.1) is 0 Å². The second-order valence-electron chi connectivity index (χ2n) is 4.92. The zero-order valence-corrected chi connectivity index (χ0v) is 11.6. The maximum atomic E-state index is 11.0. The van der Waals surface area contributed by atoms with Crippen LogP contribution >= 0.6 is 0 Å². The molecular formula is C16H17NO3. The molecule has 1 aliphatic heterocycles. The van der Waals surface area contributed by atoms with Crippen LogP contribution in [0.2, 0.25) is 0 Å². The van der Waals surface area contributed by atoms with E-state index < -0.39 is 0 Å². The molecular weight excluding hydrogens is 254 g/mol. The molecule has 0 radical (unpaired) electrons. The molecule has 20 heavy (non-hydrogen) atoms. The summed E-state index contributed by atoms with van der Waals surface area (Å²) in [7, 11) is 3.27. The molecule has 0 bridgehead atoms. The van der Waals surface area contributed by atoms with E-state index in [4.69, 9.17) is 9.47 Å². The number of carbonyl (C=O) groups excluding carboxylic acids is 1. The summed E-state index contributed by atoms with van der Waals surface area (Å²) in [6.45, 7) is 0.799. The van der Waals surface area contributed by atoms with Crippen LogP contribution in [-0.4, -0.2) is 25.1 Å². The molecule has 3 rings (SSSR count). The predicted octanol–water partition coefficient (Wildman–Crippen LogP) is 2.59. The molecule has 0 aliphatic carbocycles. The van der Waals surface area contributed by atoms with Gasteiger partial charge in [-0.25, -0.2) is 0 Å². The summed E-state index contributed by atoms with van der Waals surface area (Å²) in [5, 5.41) is 0. The average Bonchev–Trinajstić information content (AvgIpc) is 2.93. The Morgan fingerprint density at radius 2 is 2.05 bits per heavy atom. The number of aldehydes is 1. The lowest BCUT2D eigenvalue weighted by Crippen LogP contribution is -2.18. The van der Waals surface area contributed by atoms with Gasteiger partial charge in [0.25, 0.3) is 0 Å². The van der Waals surface area contributed by atoms with Crippen molar-refractivity contribution in [3.05, 3.63) is 47.3 Å². The second-order valence-corrected chi connectivity index (χ2v) is 4.92. The summed E-state index contributed by atoms with van der Waals surface area (Å²) in [6, 6.07) is 8.11. The van der Waals surface area contributed by atoms with E-state index in [9.17, 15) is 4.79 Å². The molecule has 4 nitrogen and oxygen atoms in total. The molecule has 0 amide bonds. The molecule has 1 aromatic carbocycles. The van der Waals surface area contributed by atoms with Crippen LogP contribution in [0.25, 0.3) is 0 Å². The van der Waals surface area contributed by atoms with Gasteiger partial charge in [0.1, 0.15) is 6.29 Å². The zero-order chi connectivity index (χ0) is 14.1. The van der Waals surface area contributed by atoms with Gasteiger partial charge in [-0.1, -0.05) is 0 Å². The van der Waals surface area contributed by atoms with Gasteiger partial charge in [0.15, 0.2) is 11.5 Å². The fraction of sp³-hybridized carbons (Fsp3) is 0.312. The molecule has 4 heteroatoms. The first-order chi connectivity index (χ1) is 9.78. The van der Waals surface area contributed by atoms with Crippen molar-refractivity contribution in [1.82, 2.24) is 4.57 Å². The summed E-state index contributed by atoms with van der Waals surface area (Å²) in [5.41, 5.74) is 3.51. The fourth-order valence-electron chi connectivity index (χ4n) is 2.97. The van der Waals surface area contributed by atoms with Gasteiger partial charge in [-0.2, -0.15) is 0 Å². The molecule has 1 unspecified atom stereocenters. The highest BCUT2D eigenvalue weighted by Crippen LogP contribution is 2.40. The van der Waals surface area contributed by atoms with E-state index in [0.717, 1.165) is 24.1 Å². The molecule has 104 valence electrons. The molecule has 0 saturated heterocycles. The standard InChI is InChI=1S/C16H17NO3/c1-19-15-8-11-10-17-6-3-4-14(17)12(5-7-18)13(11)9-16(15)20-2/h3-4,6-9,12H,5,10H2,1-2H3. The summed E-state index contributed by atoms with van der Waals surface area (Å²) in [4.78, 5) is 11.0. The van der Waals surface area contributed by atoms with Crippen molar-refractivity contribution in [2.24, 2.45) is 0 Å². The molecule has 1 aliphatic rings. The van der Waals surface area contributed by atoms with Crippen LogP contribution in [-0.2, 0) is 11.3 Å². The van der Waals surface area contributed by atoms with Gasteiger partial charge in [0.05, 0.1) is 14.2 Å². The third-order valence-electron chi connectivity index (χ3n) is 3.92. The lowest BCUT2D eigenvalue weighted by atomic mass is 9.86. The minimum absolute atomic E-state index is 0.0889. The maximum absolute atomic E-state index is 11.0. The largest absolute Gasteiger partial charge is 0.493 e. The summed E-state index contributed by atoms with van der Waals surface area (Å²) in [5.74, 6) is 1.53. The number of benzene rings is 1. The number of hydrogen-bond donors (Lipinski definition) is 0. The van der Waals surface area contributed by atoms with E-state index in [1.54, 1.807) is 14.2 Å². The molecule has 0 spiro atoms. The van der Waals surface area contributed by atoms with E-state index in [1.807, 2.05) is 24.4 Å². The van der Waals surface area contributed by atoms with Crippen LogP contribution < -0.4 is 9.47 Å². The quantitative estimate of drug-likeness (QED) is 0.802. The van der Waals surface area contributed by atoms with E-state index in [0.29, 0.717) is 12.2 Å². The van der Waals surface area contributed by atoms with Crippen LogP contribution in [0, 0.1) is 0 Å². The summed E-state index contributed by atoms with van der Waals surface area (Å²) >= 11 is 0. The third-order valence-corrected chi connectivity index (χ3v) is 3.92. The summed E-state index contributed by atoms with van der Waals surface area (Å²) in [6.07, 6.45) is 3.51. The Hall–Kier alpha value is -2.23. The second kappa shape index (κ2) is 5.04. The number of methoxy groups -OCH3 is 2. The minimum atomic E-state index is 0.0889. The van der Waals surface area contributed by atoms with Gasteiger partial charge in [-0.3, -0.25) is 0 Å². The molecule has 1 atom stereocenters. The summed E-state index contributed by atoms with van der Waals surface area (Å²) < 4.78 is 12.9. The Bertz CT molecular complexity index is 645. The van der Waals surface area contributed by atoms with Crippen molar-refractivity contribution >= 4 is 6.29 Å². The minimum Gasteiger partial charge on any atom is -0.493 e. The molecule has 0 N–H and O–H groups in total. The van der Waals surface area contributed by atoms with Gasteiger partial charge >= 0.3 is 0 Å². The first kappa shape index (κ1) is 12.8. The third kappa shape index (κ3) is 1.88. The smallest absolute Gasteiger partial charge is 0.161 e. The lowest BCUT2D eigenvalue weighted by Gasteiger charge is -2.28. The topological polar surface area (TPSA) is 40.5 Å². The average molecular weight is 271 g/mol. The Morgan fingerprint density at radius 3 is 2.75 bits per heavy atom. The Labute approximate surface area is 117 Å². The van der Waals surface area contributed by atoms with Crippen molar-refractivity contribution in [1.29, 1.82) is 0 Å².